The molecular formula is C13H24N4O. The van der Waals surface area contributed by atoms with Crippen LogP contribution in [0, 0.1) is 0 Å². The van der Waals surface area contributed by atoms with E-state index in [9.17, 15) is 0 Å². The molecule has 0 fully saturated rings. The fourth-order valence-corrected chi connectivity index (χ4v) is 1.66. The Kier molecular flexibility index (Phi) is 5.85. The third-order valence-corrected chi connectivity index (χ3v) is 3.10. The van der Waals surface area contributed by atoms with Crippen LogP contribution in [-0.4, -0.2) is 33.8 Å². The number of aliphatic hydroxyl groups excluding tert-OH is 1. The summed E-state index contributed by atoms with van der Waals surface area (Å²) < 4.78 is 0. The lowest BCUT2D eigenvalue weighted by Gasteiger charge is -2.29. The van der Waals surface area contributed by atoms with Crippen LogP contribution in [0.2, 0.25) is 0 Å². The van der Waals surface area contributed by atoms with E-state index in [-0.39, 0.29) is 12.1 Å². The second-order valence-electron chi connectivity index (χ2n) is 4.73. The van der Waals surface area contributed by atoms with Crippen molar-refractivity contribution in [3.8, 4) is 0 Å². The molecule has 0 saturated heterocycles. The third kappa shape index (κ3) is 4.49. The Balaban J connectivity index is 2.71. The van der Waals surface area contributed by atoms with Crippen molar-refractivity contribution in [3.63, 3.8) is 0 Å². The molecule has 0 aliphatic rings. The summed E-state index contributed by atoms with van der Waals surface area (Å²) in [5.41, 5.74) is -0.134. The highest BCUT2D eigenvalue weighted by molar-refractivity contribution is 5.47. The van der Waals surface area contributed by atoms with Crippen LogP contribution >= 0.6 is 0 Å². The first-order valence-corrected chi connectivity index (χ1v) is 6.58. The van der Waals surface area contributed by atoms with Gasteiger partial charge >= 0.3 is 0 Å². The van der Waals surface area contributed by atoms with Crippen LogP contribution in [-0.2, 0) is 0 Å². The number of rotatable bonds is 8. The zero-order chi connectivity index (χ0) is 13.4. The van der Waals surface area contributed by atoms with Gasteiger partial charge in [0.05, 0.1) is 0 Å². The molecule has 0 radical (unpaired) electrons. The Bertz CT molecular complexity index is 359. The molecule has 0 saturated carbocycles. The molecule has 0 amide bonds. The summed E-state index contributed by atoms with van der Waals surface area (Å²) in [4.78, 5) is 8.39. The molecule has 0 spiro atoms. The van der Waals surface area contributed by atoms with Crippen molar-refractivity contribution in [1.82, 2.24) is 9.97 Å². The third-order valence-electron chi connectivity index (χ3n) is 3.10. The smallest absolute Gasteiger partial charge is 0.131 e. The van der Waals surface area contributed by atoms with Crippen LogP contribution in [0.5, 0.6) is 0 Å². The Hall–Kier alpha value is -1.36. The van der Waals surface area contributed by atoms with Crippen molar-refractivity contribution in [3.05, 3.63) is 12.4 Å². The van der Waals surface area contributed by atoms with Gasteiger partial charge in [0.15, 0.2) is 0 Å². The molecule has 102 valence electrons. The number of aromatic nitrogens is 2. The number of anilines is 2. The maximum atomic E-state index is 9.10. The average molecular weight is 252 g/mol. The summed E-state index contributed by atoms with van der Waals surface area (Å²) in [6.07, 6.45) is 4.24. The van der Waals surface area contributed by atoms with E-state index < -0.39 is 0 Å². The molecule has 1 atom stereocenters. The topological polar surface area (TPSA) is 70.1 Å². The number of nitrogens with one attached hydrogen (secondary N) is 2. The number of aliphatic hydroxyl groups is 1. The van der Waals surface area contributed by atoms with Gasteiger partial charge in [0.25, 0.3) is 0 Å². The van der Waals surface area contributed by atoms with E-state index in [4.69, 9.17) is 5.11 Å². The fourth-order valence-electron chi connectivity index (χ4n) is 1.66. The molecule has 3 N–H and O–H groups in total. The first kappa shape index (κ1) is 14.7. The minimum absolute atomic E-state index is 0.134. The Labute approximate surface area is 109 Å². The van der Waals surface area contributed by atoms with Crippen LogP contribution < -0.4 is 10.6 Å². The van der Waals surface area contributed by atoms with Gasteiger partial charge in [-0.15, -0.1) is 0 Å². The Morgan fingerprint density at radius 3 is 2.61 bits per heavy atom. The van der Waals surface area contributed by atoms with E-state index in [2.05, 4.69) is 41.4 Å². The van der Waals surface area contributed by atoms with E-state index in [1.54, 1.807) is 6.33 Å². The van der Waals surface area contributed by atoms with Gasteiger partial charge in [-0.2, -0.15) is 0 Å². The molecule has 0 aromatic carbocycles. The lowest BCUT2D eigenvalue weighted by molar-refractivity contribution is 0.252. The van der Waals surface area contributed by atoms with Gasteiger partial charge in [-0.1, -0.05) is 13.8 Å². The second kappa shape index (κ2) is 7.16. The van der Waals surface area contributed by atoms with Gasteiger partial charge in [0, 0.05) is 24.8 Å². The largest absolute Gasteiger partial charge is 0.396 e. The molecule has 5 nitrogen and oxygen atoms in total. The fraction of sp³-hybridized carbons (Fsp3) is 0.692. The molecule has 1 rings (SSSR count). The lowest BCUT2D eigenvalue weighted by Crippen LogP contribution is -2.35. The monoisotopic (exact) mass is 252 g/mol. The molecule has 1 unspecified atom stereocenters. The van der Waals surface area contributed by atoms with E-state index in [1.165, 1.54) is 0 Å². The molecule has 1 aromatic rings. The van der Waals surface area contributed by atoms with E-state index in [0.29, 0.717) is 6.42 Å². The molecule has 0 aliphatic carbocycles. The van der Waals surface area contributed by atoms with Crippen LogP contribution in [0.15, 0.2) is 12.4 Å². The minimum atomic E-state index is -0.134. The molecule has 5 heteroatoms. The second-order valence-corrected chi connectivity index (χ2v) is 4.73. The van der Waals surface area contributed by atoms with Crippen molar-refractivity contribution in [2.75, 3.05) is 23.8 Å². The SMILES string of the molecule is CCCNc1cc(NC(C)(CC)CCO)ncn1. The molecule has 1 aromatic heterocycles. The van der Waals surface area contributed by atoms with Crippen molar-refractivity contribution in [2.24, 2.45) is 0 Å². The van der Waals surface area contributed by atoms with Crippen LogP contribution in [0.1, 0.15) is 40.0 Å². The zero-order valence-corrected chi connectivity index (χ0v) is 11.5. The predicted octanol–water partition coefficient (Wildman–Crippen LogP) is 2.26. The van der Waals surface area contributed by atoms with Gasteiger partial charge in [0.1, 0.15) is 18.0 Å². The average Bonchev–Trinajstić information content (AvgIpc) is 2.37. The number of hydrogen-bond donors (Lipinski definition) is 3. The highest BCUT2D eigenvalue weighted by Crippen LogP contribution is 2.21. The van der Waals surface area contributed by atoms with E-state index in [1.807, 2.05) is 6.07 Å². The van der Waals surface area contributed by atoms with Gasteiger partial charge in [-0.25, -0.2) is 9.97 Å². The van der Waals surface area contributed by atoms with Crippen LogP contribution in [0.25, 0.3) is 0 Å². The number of hydrogen-bond acceptors (Lipinski definition) is 5. The maximum Gasteiger partial charge on any atom is 0.131 e. The summed E-state index contributed by atoms with van der Waals surface area (Å²) in [5, 5.41) is 15.7. The van der Waals surface area contributed by atoms with E-state index >= 15 is 0 Å². The van der Waals surface area contributed by atoms with Crippen molar-refractivity contribution < 1.29 is 5.11 Å². The Morgan fingerprint density at radius 1 is 1.28 bits per heavy atom. The molecule has 0 aliphatic heterocycles. The van der Waals surface area contributed by atoms with Gasteiger partial charge in [0.2, 0.25) is 0 Å². The molecular weight excluding hydrogens is 228 g/mol. The highest BCUT2D eigenvalue weighted by atomic mass is 16.3. The van der Waals surface area contributed by atoms with E-state index in [0.717, 1.165) is 31.0 Å². The van der Waals surface area contributed by atoms with Crippen molar-refractivity contribution in [1.29, 1.82) is 0 Å². The first-order chi connectivity index (χ1) is 8.63. The van der Waals surface area contributed by atoms with Crippen LogP contribution in [0.4, 0.5) is 11.6 Å². The maximum absolute atomic E-state index is 9.10. The van der Waals surface area contributed by atoms with Crippen LogP contribution in [0.3, 0.4) is 0 Å². The normalized spacial score (nSPS) is 14.0. The summed E-state index contributed by atoms with van der Waals surface area (Å²) >= 11 is 0. The summed E-state index contributed by atoms with van der Waals surface area (Å²) in [6, 6.07) is 1.90. The lowest BCUT2D eigenvalue weighted by atomic mass is 9.95. The highest BCUT2D eigenvalue weighted by Gasteiger charge is 2.21. The Morgan fingerprint density at radius 2 is 2.00 bits per heavy atom. The molecule has 18 heavy (non-hydrogen) atoms. The first-order valence-electron chi connectivity index (χ1n) is 6.58. The summed E-state index contributed by atoms with van der Waals surface area (Å²) in [7, 11) is 0. The molecule has 0 bridgehead atoms. The number of nitrogens with zero attached hydrogens (tertiary/aromatic N) is 2. The van der Waals surface area contributed by atoms with Crippen molar-refractivity contribution in [2.45, 2.75) is 45.6 Å². The predicted molar refractivity (Wildman–Crippen MR) is 74.8 cm³/mol. The van der Waals surface area contributed by atoms with Crippen molar-refractivity contribution >= 4 is 11.6 Å². The minimum Gasteiger partial charge on any atom is -0.396 e. The van der Waals surface area contributed by atoms with Gasteiger partial charge < -0.3 is 15.7 Å². The summed E-state index contributed by atoms with van der Waals surface area (Å²) in [6.45, 7) is 7.37. The van der Waals surface area contributed by atoms with Gasteiger partial charge in [-0.05, 0) is 26.2 Å². The summed E-state index contributed by atoms with van der Waals surface area (Å²) in [5.74, 6) is 1.62. The standard InChI is InChI=1S/C13H24N4O/c1-4-7-14-11-9-12(16-10-15-11)17-13(3,5-2)6-8-18/h9-10,18H,4-8H2,1-3H3,(H2,14,15,16,17). The zero-order valence-electron chi connectivity index (χ0n) is 11.5. The van der Waals surface area contributed by atoms with Gasteiger partial charge in [-0.3, -0.25) is 0 Å². The molecule has 1 heterocycles. The quantitative estimate of drug-likeness (QED) is 0.662.